The van der Waals surface area contributed by atoms with Crippen LogP contribution in [0.1, 0.15) is 49.7 Å². The fourth-order valence-electron chi connectivity index (χ4n) is 3.72. The van der Waals surface area contributed by atoms with E-state index in [1.165, 1.54) is 0 Å². The second-order valence-corrected chi connectivity index (χ2v) is 7.62. The van der Waals surface area contributed by atoms with Crippen LogP contribution in [-0.4, -0.2) is 72.0 Å². The minimum absolute atomic E-state index is 0.0136. The standard InChI is InChI=1S/C22H33N5O3/c1-4-6-10-26(17(3)28)22-19(5-2)24-20-8-7-18(16-27(20)22)21(29)23-9-11-25-12-14-30-15-13-25/h7-8,16H,4-6,9-15H2,1-3H3,(H,23,29). The fourth-order valence-corrected chi connectivity index (χ4v) is 3.72. The molecule has 1 aliphatic heterocycles. The maximum Gasteiger partial charge on any atom is 0.252 e. The van der Waals surface area contributed by atoms with Crippen LogP contribution in [0, 0.1) is 0 Å². The van der Waals surface area contributed by atoms with Crippen molar-refractivity contribution in [2.75, 3.05) is 50.8 Å². The van der Waals surface area contributed by atoms with Crippen LogP contribution in [0.5, 0.6) is 0 Å². The molecule has 0 atom stereocenters. The smallest absolute Gasteiger partial charge is 0.252 e. The van der Waals surface area contributed by atoms with Gasteiger partial charge in [0, 0.05) is 45.8 Å². The molecule has 1 N–H and O–H groups in total. The number of carbonyl (C=O) groups is 2. The number of aromatic nitrogens is 2. The lowest BCUT2D eigenvalue weighted by atomic mass is 10.2. The highest BCUT2D eigenvalue weighted by Gasteiger charge is 2.21. The predicted molar refractivity (Wildman–Crippen MR) is 117 cm³/mol. The second-order valence-electron chi connectivity index (χ2n) is 7.62. The summed E-state index contributed by atoms with van der Waals surface area (Å²) in [5.74, 6) is 0.641. The molecule has 0 spiro atoms. The minimum atomic E-state index is -0.120. The summed E-state index contributed by atoms with van der Waals surface area (Å²) in [6, 6.07) is 3.64. The van der Waals surface area contributed by atoms with Gasteiger partial charge in [0.25, 0.3) is 5.91 Å². The quantitative estimate of drug-likeness (QED) is 0.679. The lowest BCUT2D eigenvalue weighted by Crippen LogP contribution is -2.41. The predicted octanol–water partition coefficient (Wildman–Crippen LogP) is 2.11. The van der Waals surface area contributed by atoms with E-state index < -0.39 is 0 Å². The molecule has 0 aliphatic carbocycles. The summed E-state index contributed by atoms with van der Waals surface area (Å²) in [5, 5.41) is 3.00. The maximum absolute atomic E-state index is 12.7. The Labute approximate surface area is 178 Å². The number of ether oxygens (including phenoxy) is 1. The molecule has 1 fully saturated rings. The first-order valence-electron chi connectivity index (χ1n) is 10.9. The number of hydrogen-bond acceptors (Lipinski definition) is 5. The van der Waals surface area contributed by atoms with E-state index in [-0.39, 0.29) is 11.8 Å². The average molecular weight is 416 g/mol. The van der Waals surface area contributed by atoms with E-state index in [9.17, 15) is 9.59 Å². The summed E-state index contributed by atoms with van der Waals surface area (Å²) in [4.78, 5) is 33.8. The van der Waals surface area contributed by atoms with Gasteiger partial charge < -0.3 is 10.1 Å². The summed E-state index contributed by atoms with van der Waals surface area (Å²) in [6.45, 7) is 11.1. The second kappa shape index (κ2) is 10.5. The number of amides is 2. The van der Waals surface area contributed by atoms with Crippen molar-refractivity contribution in [1.29, 1.82) is 0 Å². The molecular weight excluding hydrogens is 382 g/mol. The molecule has 0 bridgehead atoms. The highest BCUT2D eigenvalue weighted by molar-refractivity contribution is 5.95. The van der Waals surface area contributed by atoms with Gasteiger partial charge in [0.1, 0.15) is 11.5 Å². The van der Waals surface area contributed by atoms with Gasteiger partial charge in [0.15, 0.2) is 0 Å². The van der Waals surface area contributed by atoms with Gasteiger partial charge in [0.05, 0.1) is 24.5 Å². The number of carbonyl (C=O) groups excluding carboxylic acids is 2. The number of morpholine rings is 1. The Bertz CT molecular complexity index is 873. The molecule has 0 aromatic carbocycles. The first-order valence-corrected chi connectivity index (χ1v) is 10.9. The lowest BCUT2D eigenvalue weighted by Gasteiger charge is -2.26. The summed E-state index contributed by atoms with van der Waals surface area (Å²) in [6.07, 6.45) is 4.42. The zero-order valence-electron chi connectivity index (χ0n) is 18.3. The third-order valence-electron chi connectivity index (χ3n) is 5.45. The Morgan fingerprint density at radius 1 is 1.23 bits per heavy atom. The number of nitrogens with one attached hydrogen (secondary N) is 1. The maximum atomic E-state index is 12.7. The highest BCUT2D eigenvalue weighted by atomic mass is 16.5. The Kier molecular flexibility index (Phi) is 7.81. The molecular formula is C22H33N5O3. The van der Waals surface area contributed by atoms with Gasteiger partial charge in [0.2, 0.25) is 5.91 Å². The largest absolute Gasteiger partial charge is 0.379 e. The fraction of sp³-hybridized carbons (Fsp3) is 0.591. The zero-order chi connectivity index (χ0) is 21.5. The molecule has 3 heterocycles. The topological polar surface area (TPSA) is 79.2 Å². The van der Waals surface area contributed by atoms with Crippen molar-refractivity contribution in [2.45, 2.75) is 40.0 Å². The third kappa shape index (κ3) is 5.17. The van der Waals surface area contributed by atoms with Gasteiger partial charge in [-0.1, -0.05) is 20.3 Å². The minimum Gasteiger partial charge on any atom is -0.379 e. The molecule has 164 valence electrons. The summed E-state index contributed by atoms with van der Waals surface area (Å²) >= 11 is 0. The van der Waals surface area contributed by atoms with E-state index in [2.05, 4.69) is 22.1 Å². The number of unbranched alkanes of at least 4 members (excludes halogenated alkanes) is 1. The Hall–Kier alpha value is -2.45. The van der Waals surface area contributed by atoms with Crippen LogP contribution >= 0.6 is 0 Å². The van der Waals surface area contributed by atoms with E-state index in [0.717, 1.165) is 62.8 Å². The highest BCUT2D eigenvalue weighted by Crippen LogP contribution is 2.25. The first kappa shape index (κ1) is 22.2. The summed E-state index contributed by atoms with van der Waals surface area (Å²) in [7, 11) is 0. The molecule has 3 rings (SSSR count). The first-order chi connectivity index (χ1) is 14.5. The van der Waals surface area contributed by atoms with Crippen LogP contribution in [0.3, 0.4) is 0 Å². The van der Waals surface area contributed by atoms with Crippen molar-refractivity contribution in [2.24, 2.45) is 0 Å². The molecule has 2 amide bonds. The van der Waals surface area contributed by atoms with E-state index in [1.807, 2.05) is 17.4 Å². The number of pyridine rings is 1. The molecule has 2 aromatic heterocycles. The molecule has 0 radical (unpaired) electrons. The molecule has 8 heteroatoms. The lowest BCUT2D eigenvalue weighted by molar-refractivity contribution is -0.116. The van der Waals surface area contributed by atoms with Crippen molar-refractivity contribution in [1.82, 2.24) is 19.6 Å². The van der Waals surface area contributed by atoms with Gasteiger partial charge in [-0.3, -0.25) is 23.8 Å². The number of hydrogen-bond donors (Lipinski definition) is 1. The van der Waals surface area contributed by atoms with Crippen molar-refractivity contribution in [3.05, 3.63) is 29.6 Å². The number of rotatable bonds is 9. The van der Waals surface area contributed by atoms with Crippen molar-refractivity contribution < 1.29 is 14.3 Å². The van der Waals surface area contributed by atoms with Crippen LogP contribution in [0.2, 0.25) is 0 Å². The van der Waals surface area contributed by atoms with E-state index in [0.29, 0.717) is 25.1 Å². The van der Waals surface area contributed by atoms with Crippen LogP contribution in [0.4, 0.5) is 5.82 Å². The number of anilines is 1. The van der Waals surface area contributed by atoms with Crippen molar-refractivity contribution in [3.63, 3.8) is 0 Å². The van der Waals surface area contributed by atoms with E-state index in [1.54, 1.807) is 24.1 Å². The van der Waals surface area contributed by atoms with Crippen molar-refractivity contribution >= 4 is 23.3 Å². The monoisotopic (exact) mass is 415 g/mol. The van der Waals surface area contributed by atoms with Crippen LogP contribution in [-0.2, 0) is 16.0 Å². The Balaban J connectivity index is 1.79. The normalized spacial score (nSPS) is 14.8. The number of fused-ring (bicyclic) bond motifs is 1. The van der Waals surface area contributed by atoms with E-state index >= 15 is 0 Å². The molecule has 2 aromatic rings. The molecule has 0 unspecified atom stereocenters. The van der Waals surface area contributed by atoms with Crippen LogP contribution < -0.4 is 10.2 Å². The summed E-state index contributed by atoms with van der Waals surface area (Å²) < 4.78 is 7.24. The van der Waals surface area contributed by atoms with Gasteiger partial charge in [-0.05, 0) is 25.0 Å². The zero-order valence-corrected chi connectivity index (χ0v) is 18.3. The van der Waals surface area contributed by atoms with Crippen LogP contribution in [0.25, 0.3) is 5.65 Å². The number of aryl methyl sites for hydroxylation is 1. The average Bonchev–Trinajstić information content (AvgIpc) is 3.12. The van der Waals surface area contributed by atoms with Gasteiger partial charge >= 0.3 is 0 Å². The van der Waals surface area contributed by atoms with Crippen LogP contribution in [0.15, 0.2) is 18.3 Å². The van der Waals surface area contributed by atoms with Crippen molar-refractivity contribution in [3.8, 4) is 0 Å². The molecule has 30 heavy (non-hydrogen) atoms. The SMILES string of the molecule is CCCCN(C(C)=O)c1c(CC)nc2ccc(C(=O)NCCN3CCOCC3)cn12. The van der Waals surface area contributed by atoms with Gasteiger partial charge in [-0.15, -0.1) is 0 Å². The molecule has 0 saturated carbocycles. The number of nitrogens with zero attached hydrogens (tertiary/aromatic N) is 4. The van der Waals surface area contributed by atoms with Gasteiger partial charge in [-0.2, -0.15) is 0 Å². The molecule has 1 aliphatic rings. The Morgan fingerprint density at radius 2 is 2.00 bits per heavy atom. The van der Waals surface area contributed by atoms with E-state index in [4.69, 9.17) is 4.74 Å². The number of imidazole rings is 1. The molecule has 8 nitrogen and oxygen atoms in total. The van der Waals surface area contributed by atoms with Gasteiger partial charge in [-0.25, -0.2) is 4.98 Å². The molecule has 1 saturated heterocycles. The summed E-state index contributed by atoms with van der Waals surface area (Å²) in [5.41, 5.74) is 2.17. The Morgan fingerprint density at radius 3 is 2.67 bits per heavy atom. The third-order valence-corrected chi connectivity index (χ3v) is 5.45.